The molecule has 3 rings (SSSR count). The lowest BCUT2D eigenvalue weighted by molar-refractivity contribution is -0.115. The van der Waals surface area contributed by atoms with Crippen LogP contribution in [0.2, 0.25) is 0 Å². The van der Waals surface area contributed by atoms with Crippen LogP contribution in [0.25, 0.3) is 0 Å². The molecule has 0 saturated carbocycles. The van der Waals surface area contributed by atoms with E-state index in [1.165, 1.54) is 34.8 Å². The molecule has 124 valence electrons. The number of carbonyl (C=O) groups excluding carboxylic acids is 1. The summed E-state index contributed by atoms with van der Waals surface area (Å²) in [6.07, 6.45) is 0.186. The molecule has 8 heteroatoms. The molecular weight excluding hydrogens is 349 g/mol. The van der Waals surface area contributed by atoms with Crippen LogP contribution in [0.4, 0.5) is 9.52 Å². The molecule has 0 fully saturated rings. The predicted octanol–water partition coefficient (Wildman–Crippen LogP) is 3.81. The number of carbonyl (C=O) groups is 1. The van der Waals surface area contributed by atoms with Gasteiger partial charge in [0.15, 0.2) is 5.13 Å². The second-order valence-electron chi connectivity index (χ2n) is 4.99. The Kier molecular flexibility index (Phi) is 5.17. The van der Waals surface area contributed by atoms with Gasteiger partial charge < -0.3 is 10.1 Å². The zero-order valence-corrected chi connectivity index (χ0v) is 14.4. The third-order valence-electron chi connectivity index (χ3n) is 2.98. The molecule has 0 atom stereocenters. The number of thiazole rings is 2. The summed E-state index contributed by atoms with van der Waals surface area (Å²) in [6.45, 7) is 2.16. The molecule has 1 N–H and O–H groups in total. The van der Waals surface area contributed by atoms with Crippen LogP contribution in [0.3, 0.4) is 0 Å². The summed E-state index contributed by atoms with van der Waals surface area (Å²) in [7, 11) is 0. The predicted molar refractivity (Wildman–Crippen MR) is 92.0 cm³/mol. The van der Waals surface area contributed by atoms with Gasteiger partial charge in [-0.1, -0.05) is 0 Å². The molecule has 0 saturated heterocycles. The molecule has 3 aromatic rings. The molecule has 24 heavy (non-hydrogen) atoms. The van der Waals surface area contributed by atoms with E-state index in [4.69, 9.17) is 4.74 Å². The molecule has 0 aliphatic carbocycles. The normalized spacial score (nSPS) is 10.6. The van der Waals surface area contributed by atoms with Gasteiger partial charge in [0, 0.05) is 10.8 Å². The Balaban J connectivity index is 1.51. The van der Waals surface area contributed by atoms with Crippen molar-refractivity contribution in [1.29, 1.82) is 0 Å². The van der Waals surface area contributed by atoms with E-state index in [-0.39, 0.29) is 24.8 Å². The Morgan fingerprint density at radius 2 is 2.00 bits per heavy atom. The quantitative estimate of drug-likeness (QED) is 0.723. The Morgan fingerprint density at radius 1 is 1.21 bits per heavy atom. The average Bonchev–Trinajstić information content (AvgIpc) is 3.16. The number of anilines is 1. The van der Waals surface area contributed by atoms with Crippen LogP contribution in [0.5, 0.6) is 5.75 Å². The largest absolute Gasteiger partial charge is 0.486 e. The maximum absolute atomic E-state index is 12.8. The smallest absolute Gasteiger partial charge is 0.232 e. The van der Waals surface area contributed by atoms with Crippen molar-refractivity contribution in [3.63, 3.8) is 0 Å². The number of halogens is 1. The lowest BCUT2D eigenvalue weighted by atomic mass is 10.3. The highest BCUT2D eigenvalue weighted by atomic mass is 32.1. The second-order valence-corrected chi connectivity index (χ2v) is 6.79. The minimum atomic E-state index is -0.305. The van der Waals surface area contributed by atoms with E-state index < -0.39 is 0 Å². The van der Waals surface area contributed by atoms with Crippen LogP contribution in [-0.4, -0.2) is 15.9 Å². The minimum absolute atomic E-state index is 0.152. The van der Waals surface area contributed by atoms with Crippen molar-refractivity contribution in [2.75, 3.05) is 5.32 Å². The number of nitrogens with zero attached hydrogens (tertiary/aromatic N) is 2. The number of amides is 1. The average molecular weight is 363 g/mol. The van der Waals surface area contributed by atoms with E-state index in [1.807, 2.05) is 17.7 Å². The molecule has 5 nitrogen and oxygen atoms in total. The summed E-state index contributed by atoms with van der Waals surface area (Å²) in [5, 5.41) is 7.80. The van der Waals surface area contributed by atoms with E-state index in [0.29, 0.717) is 16.6 Å². The maximum atomic E-state index is 12.8. The number of aryl methyl sites for hydroxylation is 1. The van der Waals surface area contributed by atoms with Crippen LogP contribution in [0.15, 0.2) is 35.0 Å². The first-order valence-electron chi connectivity index (χ1n) is 7.12. The molecule has 2 aromatic heterocycles. The van der Waals surface area contributed by atoms with Crippen LogP contribution in [0.1, 0.15) is 16.4 Å². The van der Waals surface area contributed by atoms with Crippen molar-refractivity contribution < 1.29 is 13.9 Å². The molecule has 1 aromatic carbocycles. The second kappa shape index (κ2) is 7.50. The zero-order valence-electron chi connectivity index (χ0n) is 12.8. The van der Waals surface area contributed by atoms with Crippen molar-refractivity contribution in [2.45, 2.75) is 20.0 Å². The third-order valence-corrected chi connectivity index (χ3v) is 4.73. The van der Waals surface area contributed by atoms with Gasteiger partial charge in [-0.3, -0.25) is 4.79 Å². The molecule has 0 aliphatic rings. The van der Waals surface area contributed by atoms with Crippen molar-refractivity contribution in [1.82, 2.24) is 9.97 Å². The molecule has 0 aliphatic heterocycles. The summed E-state index contributed by atoms with van der Waals surface area (Å²) in [6, 6.07) is 5.81. The zero-order chi connectivity index (χ0) is 16.9. The summed E-state index contributed by atoms with van der Waals surface area (Å²) >= 11 is 2.81. The van der Waals surface area contributed by atoms with Gasteiger partial charge in [-0.2, -0.15) is 0 Å². The van der Waals surface area contributed by atoms with E-state index >= 15 is 0 Å². The number of hydrogen-bond donors (Lipinski definition) is 1. The lowest BCUT2D eigenvalue weighted by Gasteiger charge is -2.03. The SMILES string of the molecule is Cc1csc(NC(=O)Cc2csc(COc3ccc(F)cc3)n2)n1. The van der Waals surface area contributed by atoms with Crippen LogP contribution < -0.4 is 10.1 Å². The van der Waals surface area contributed by atoms with Gasteiger partial charge in [0.1, 0.15) is 23.2 Å². The highest BCUT2D eigenvalue weighted by Gasteiger charge is 2.10. The molecule has 2 heterocycles. The minimum Gasteiger partial charge on any atom is -0.486 e. The number of hydrogen-bond acceptors (Lipinski definition) is 6. The number of benzene rings is 1. The van der Waals surface area contributed by atoms with E-state index in [9.17, 15) is 9.18 Å². The first-order valence-corrected chi connectivity index (χ1v) is 8.88. The topological polar surface area (TPSA) is 64.1 Å². The van der Waals surface area contributed by atoms with Gasteiger partial charge in [-0.25, -0.2) is 14.4 Å². The van der Waals surface area contributed by atoms with Crippen molar-refractivity contribution in [3.05, 3.63) is 57.2 Å². The Hall–Kier alpha value is -2.32. The Labute approximate surface area is 146 Å². The van der Waals surface area contributed by atoms with Crippen molar-refractivity contribution in [3.8, 4) is 5.75 Å². The van der Waals surface area contributed by atoms with Crippen LogP contribution in [0, 0.1) is 12.7 Å². The summed E-state index contributed by atoms with van der Waals surface area (Å²) in [4.78, 5) is 20.5. The highest BCUT2D eigenvalue weighted by molar-refractivity contribution is 7.13. The molecule has 0 spiro atoms. The maximum Gasteiger partial charge on any atom is 0.232 e. The number of rotatable bonds is 6. The van der Waals surface area contributed by atoms with Gasteiger partial charge in [0.25, 0.3) is 0 Å². The Morgan fingerprint density at radius 3 is 2.71 bits per heavy atom. The molecule has 0 unspecified atom stereocenters. The van der Waals surface area contributed by atoms with E-state index in [0.717, 1.165) is 10.7 Å². The van der Waals surface area contributed by atoms with Gasteiger partial charge in [-0.05, 0) is 31.2 Å². The molecule has 0 radical (unpaired) electrons. The monoisotopic (exact) mass is 363 g/mol. The van der Waals surface area contributed by atoms with Crippen molar-refractivity contribution >= 4 is 33.7 Å². The summed E-state index contributed by atoms with van der Waals surface area (Å²) in [5.41, 5.74) is 1.56. The molecule has 1 amide bonds. The number of nitrogens with one attached hydrogen (secondary N) is 1. The number of ether oxygens (including phenoxy) is 1. The van der Waals surface area contributed by atoms with Gasteiger partial charge >= 0.3 is 0 Å². The fourth-order valence-electron chi connectivity index (χ4n) is 1.91. The fourth-order valence-corrected chi connectivity index (χ4v) is 3.32. The first-order chi connectivity index (χ1) is 11.6. The van der Waals surface area contributed by atoms with E-state index in [1.54, 1.807) is 12.1 Å². The third kappa shape index (κ3) is 4.59. The summed E-state index contributed by atoms with van der Waals surface area (Å²) in [5.74, 6) is 0.117. The number of aromatic nitrogens is 2. The van der Waals surface area contributed by atoms with Crippen LogP contribution >= 0.6 is 22.7 Å². The standard InChI is InChI=1S/C16H14FN3O2S2/c1-10-8-24-16(18-10)20-14(21)6-12-9-23-15(19-12)7-22-13-4-2-11(17)3-5-13/h2-5,8-9H,6-7H2,1H3,(H,18,20,21). The van der Waals surface area contributed by atoms with Gasteiger partial charge in [-0.15, -0.1) is 22.7 Å². The van der Waals surface area contributed by atoms with Gasteiger partial charge in [0.2, 0.25) is 5.91 Å². The molecular formula is C16H14FN3O2S2. The summed E-state index contributed by atoms with van der Waals surface area (Å²) < 4.78 is 18.4. The van der Waals surface area contributed by atoms with Crippen molar-refractivity contribution in [2.24, 2.45) is 0 Å². The molecule has 0 bridgehead atoms. The van der Waals surface area contributed by atoms with Crippen LogP contribution in [-0.2, 0) is 17.8 Å². The van der Waals surface area contributed by atoms with E-state index in [2.05, 4.69) is 15.3 Å². The first kappa shape index (κ1) is 16.5. The Bertz CT molecular complexity index is 830. The van der Waals surface area contributed by atoms with Gasteiger partial charge in [0.05, 0.1) is 17.8 Å². The fraction of sp³-hybridized carbons (Fsp3) is 0.188. The highest BCUT2D eigenvalue weighted by Crippen LogP contribution is 2.17. The lowest BCUT2D eigenvalue weighted by Crippen LogP contribution is -2.14.